The fraction of sp³-hybridized carbons (Fsp3) is 0.143. The first kappa shape index (κ1) is 14.4. The maximum Gasteiger partial charge on any atom is 0.338 e. The van der Waals surface area contributed by atoms with Crippen molar-refractivity contribution in [1.29, 1.82) is 5.26 Å². The summed E-state index contributed by atoms with van der Waals surface area (Å²) in [4.78, 5) is 18.6. The average molecular weight is 285 g/mol. The monoisotopic (exact) mass is 285 g/mol. The molecule has 0 radical (unpaired) electrons. The van der Waals surface area contributed by atoms with Crippen LogP contribution in [-0.4, -0.2) is 38.9 Å². The number of nitriles is 1. The van der Waals surface area contributed by atoms with Crippen LogP contribution < -0.4 is 4.74 Å². The van der Waals surface area contributed by atoms with Crippen LogP contribution >= 0.6 is 0 Å². The summed E-state index contributed by atoms with van der Waals surface area (Å²) in [5, 5.41) is 26.3. The lowest BCUT2D eigenvalue weighted by atomic mass is 10.2. The average Bonchev–Trinajstić information content (AvgIpc) is 2.53. The molecule has 2 N–H and O–H groups in total. The number of aromatic nitrogens is 2. The van der Waals surface area contributed by atoms with Gasteiger partial charge in [0.1, 0.15) is 12.4 Å². The molecule has 7 nitrogen and oxygen atoms in total. The number of nitrogens with zero attached hydrogens (tertiary/aromatic N) is 3. The summed E-state index contributed by atoms with van der Waals surface area (Å²) in [6.07, 6.45) is 1.30. The van der Waals surface area contributed by atoms with Crippen molar-refractivity contribution in [3.8, 4) is 23.2 Å². The van der Waals surface area contributed by atoms with Crippen LogP contribution in [0.25, 0.3) is 11.4 Å². The van der Waals surface area contributed by atoms with Crippen molar-refractivity contribution >= 4 is 5.97 Å². The number of carboxylic acids is 1. The number of hydrogen-bond acceptors (Lipinski definition) is 6. The van der Waals surface area contributed by atoms with E-state index in [4.69, 9.17) is 20.2 Å². The second kappa shape index (κ2) is 6.45. The molecule has 1 atom stereocenters. The van der Waals surface area contributed by atoms with Gasteiger partial charge in [0.05, 0.1) is 11.6 Å². The van der Waals surface area contributed by atoms with Crippen molar-refractivity contribution in [2.75, 3.05) is 6.61 Å². The largest absolute Gasteiger partial charge is 0.490 e. The van der Waals surface area contributed by atoms with Gasteiger partial charge in [-0.15, -0.1) is 0 Å². The van der Waals surface area contributed by atoms with Crippen molar-refractivity contribution in [3.05, 3.63) is 42.2 Å². The zero-order valence-electron chi connectivity index (χ0n) is 10.8. The first-order valence-electron chi connectivity index (χ1n) is 5.96. The molecule has 0 amide bonds. The molecule has 0 saturated heterocycles. The van der Waals surface area contributed by atoms with Crippen LogP contribution in [0.5, 0.6) is 5.75 Å². The normalized spacial score (nSPS) is 11.4. The van der Waals surface area contributed by atoms with Crippen molar-refractivity contribution in [3.63, 3.8) is 0 Å². The number of benzene rings is 1. The van der Waals surface area contributed by atoms with Gasteiger partial charge in [-0.05, 0) is 24.3 Å². The van der Waals surface area contributed by atoms with Gasteiger partial charge in [0.2, 0.25) is 0 Å². The van der Waals surface area contributed by atoms with Gasteiger partial charge in [0.15, 0.2) is 11.9 Å². The van der Waals surface area contributed by atoms with E-state index in [1.54, 1.807) is 30.3 Å². The van der Waals surface area contributed by atoms with E-state index in [-0.39, 0.29) is 12.2 Å². The third kappa shape index (κ3) is 3.75. The van der Waals surface area contributed by atoms with Gasteiger partial charge < -0.3 is 14.9 Å². The van der Waals surface area contributed by atoms with E-state index in [2.05, 4.69) is 9.97 Å². The molecule has 1 aromatic heterocycles. The molecule has 1 unspecified atom stereocenters. The summed E-state index contributed by atoms with van der Waals surface area (Å²) >= 11 is 0. The molecular formula is C14H11N3O4. The third-order valence-electron chi connectivity index (χ3n) is 2.57. The van der Waals surface area contributed by atoms with Crippen molar-refractivity contribution in [1.82, 2.24) is 9.97 Å². The van der Waals surface area contributed by atoms with Gasteiger partial charge in [-0.1, -0.05) is 0 Å². The van der Waals surface area contributed by atoms with E-state index in [1.165, 1.54) is 12.4 Å². The number of ether oxygens (including phenoxy) is 1. The lowest BCUT2D eigenvalue weighted by Gasteiger charge is -2.07. The Hall–Kier alpha value is -2.98. The van der Waals surface area contributed by atoms with E-state index in [9.17, 15) is 4.79 Å². The zero-order chi connectivity index (χ0) is 15.2. The van der Waals surface area contributed by atoms with Crippen molar-refractivity contribution in [2.24, 2.45) is 0 Å². The minimum atomic E-state index is -1.17. The Kier molecular flexibility index (Phi) is 4.43. The van der Waals surface area contributed by atoms with E-state index < -0.39 is 12.1 Å². The summed E-state index contributed by atoms with van der Waals surface area (Å²) in [5.74, 6) is -0.194. The molecule has 0 fully saturated rings. The summed E-state index contributed by atoms with van der Waals surface area (Å²) in [6, 6.07) is 8.34. The van der Waals surface area contributed by atoms with Crippen LogP contribution in [0.4, 0.5) is 0 Å². The number of hydrogen-bond donors (Lipinski definition) is 2. The lowest BCUT2D eigenvalue weighted by molar-refractivity contribution is 0.0696. The van der Waals surface area contributed by atoms with Crippen LogP contribution in [0.2, 0.25) is 0 Å². The molecule has 1 heterocycles. The second-order valence-corrected chi connectivity index (χ2v) is 4.08. The van der Waals surface area contributed by atoms with Crippen LogP contribution in [-0.2, 0) is 0 Å². The van der Waals surface area contributed by atoms with Gasteiger partial charge >= 0.3 is 5.97 Å². The minimum absolute atomic E-state index is 0.0178. The number of carboxylic acid groups (broad SMARTS) is 1. The predicted octanol–water partition coefficient (Wildman–Crippen LogP) is 1.11. The molecule has 106 valence electrons. The van der Waals surface area contributed by atoms with Gasteiger partial charge in [-0.25, -0.2) is 14.8 Å². The highest BCUT2D eigenvalue weighted by Crippen LogP contribution is 2.19. The van der Waals surface area contributed by atoms with E-state index in [0.29, 0.717) is 17.1 Å². The second-order valence-electron chi connectivity index (χ2n) is 4.08. The van der Waals surface area contributed by atoms with E-state index in [0.717, 1.165) is 0 Å². The summed E-state index contributed by atoms with van der Waals surface area (Å²) in [6.45, 7) is -0.111. The maximum absolute atomic E-state index is 10.7. The van der Waals surface area contributed by atoms with Gasteiger partial charge in [0.25, 0.3) is 0 Å². The number of aliphatic hydroxyl groups excluding tert-OH is 1. The maximum atomic E-state index is 10.7. The van der Waals surface area contributed by atoms with E-state index >= 15 is 0 Å². The summed E-state index contributed by atoms with van der Waals surface area (Å²) in [7, 11) is 0. The Morgan fingerprint density at radius 2 is 1.90 bits per heavy atom. The SMILES string of the molecule is N#CC(O)COc1ccc(-c2ncc(C(=O)O)cn2)cc1. The highest BCUT2D eigenvalue weighted by Gasteiger charge is 2.07. The Balaban J connectivity index is 2.08. The highest BCUT2D eigenvalue weighted by atomic mass is 16.5. The molecule has 7 heteroatoms. The van der Waals surface area contributed by atoms with Gasteiger partial charge in [-0.2, -0.15) is 5.26 Å². The topological polar surface area (TPSA) is 116 Å². The number of aliphatic hydroxyl groups is 1. The standard InChI is InChI=1S/C14H11N3O4/c15-5-11(18)8-21-12-3-1-9(2-4-12)13-16-6-10(7-17-13)14(19)20/h1-4,6-7,11,18H,8H2,(H,19,20). The van der Waals surface area contributed by atoms with Crippen molar-refractivity contribution in [2.45, 2.75) is 6.10 Å². The fourth-order valence-electron chi connectivity index (χ4n) is 1.50. The quantitative estimate of drug-likeness (QED) is 0.790. The van der Waals surface area contributed by atoms with E-state index in [1.807, 2.05) is 0 Å². The Morgan fingerprint density at radius 3 is 2.43 bits per heavy atom. The molecule has 2 rings (SSSR count). The number of rotatable bonds is 5. The zero-order valence-corrected chi connectivity index (χ0v) is 10.8. The smallest absolute Gasteiger partial charge is 0.338 e. The molecule has 21 heavy (non-hydrogen) atoms. The molecular weight excluding hydrogens is 274 g/mol. The Labute approximate surface area is 120 Å². The number of carbonyl (C=O) groups is 1. The van der Waals surface area contributed by atoms with Crippen molar-refractivity contribution < 1.29 is 19.7 Å². The van der Waals surface area contributed by atoms with Crippen LogP contribution in [0.3, 0.4) is 0 Å². The molecule has 0 aliphatic carbocycles. The van der Waals surface area contributed by atoms with Crippen LogP contribution in [0, 0.1) is 11.3 Å². The minimum Gasteiger partial charge on any atom is -0.490 e. The molecule has 2 aromatic rings. The highest BCUT2D eigenvalue weighted by molar-refractivity contribution is 5.86. The molecule has 0 aliphatic heterocycles. The lowest BCUT2D eigenvalue weighted by Crippen LogP contribution is -2.14. The van der Waals surface area contributed by atoms with Crippen LogP contribution in [0.1, 0.15) is 10.4 Å². The fourth-order valence-corrected chi connectivity index (χ4v) is 1.50. The number of aromatic carboxylic acids is 1. The predicted molar refractivity (Wildman–Crippen MR) is 71.5 cm³/mol. The molecule has 0 bridgehead atoms. The Morgan fingerprint density at radius 1 is 1.29 bits per heavy atom. The van der Waals surface area contributed by atoms with Gasteiger partial charge in [0, 0.05) is 18.0 Å². The van der Waals surface area contributed by atoms with Crippen LogP contribution in [0.15, 0.2) is 36.7 Å². The first-order chi connectivity index (χ1) is 10.1. The molecule has 1 aromatic carbocycles. The summed E-state index contributed by atoms with van der Waals surface area (Å²) in [5.41, 5.74) is 0.712. The third-order valence-corrected chi connectivity index (χ3v) is 2.57. The molecule has 0 aliphatic rings. The molecule has 0 spiro atoms. The Bertz CT molecular complexity index is 662. The molecule has 0 saturated carbocycles. The van der Waals surface area contributed by atoms with Gasteiger partial charge in [-0.3, -0.25) is 0 Å². The first-order valence-corrected chi connectivity index (χ1v) is 5.96. The summed E-state index contributed by atoms with van der Waals surface area (Å²) < 4.78 is 5.21.